The Balaban J connectivity index is 3.08. The molecule has 1 aromatic heterocycles. The third-order valence-electron chi connectivity index (χ3n) is 1.10. The van der Waals surface area contributed by atoms with Crippen LogP contribution in [0.15, 0.2) is 0 Å². The maximum atomic E-state index is 12.7. The molecule has 12 heavy (non-hydrogen) atoms. The van der Waals surface area contributed by atoms with E-state index < -0.39 is 16.8 Å². The average molecular weight is 194 g/mol. The third-order valence-corrected chi connectivity index (χ3v) is 2.24. The Morgan fingerprint density at radius 3 is 2.33 bits per heavy atom. The third kappa shape index (κ3) is 1.69. The molecule has 7 heteroatoms. The number of hydrogen-bond donors (Lipinski definition) is 4. The van der Waals surface area contributed by atoms with Crippen molar-refractivity contribution in [3.63, 3.8) is 0 Å². The Morgan fingerprint density at radius 2 is 2.08 bits per heavy atom. The lowest BCUT2D eigenvalue weighted by molar-refractivity contribution is -0.322. The summed E-state index contributed by atoms with van der Waals surface area (Å²) in [6.45, 7) is 0. The number of halogens is 1. The zero-order valence-electron chi connectivity index (χ0n) is 6.08. The van der Waals surface area contributed by atoms with E-state index in [0.717, 1.165) is 0 Å². The highest BCUT2D eigenvalue weighted by molar-refractivity contribution is 7.15. The quantitative estimate of drug-likeness (QED) is 0.473. The van der Waals surface area contributed by atoms with E-state index in [9.17, 15) is 4.39 Å². The van der Waals surface area contributed by atoms with E-state index in [1.807, 2.05) is 0 Å². The SMILES string of the molecule is CNc1nc(F)c(C(O)(O)O)s1. The monoisotopic (exact) mass is 194 g/mol. The van der Waals surface area contributed by atoms with Crippen LogP contribution in [0.2, 0.25) is 0 Å². The summed E-state index contributed by atoms with van der Waals surface area (Å²) >= 11 is 0.619. The van der Waals surface area contributed by atoms with Gasteiger partial charge in [-0.05, 0) is 0 Å². The lowest BCUT2D eigenvalue weighted by atomic mass is 10.5. The second-order valence-corrected chi connectivity index (χ2v) is 3.02. The van der Waals surface area contributed by atoms with Crippen LogP contribution in [0.25, 0.3) is 0 Å². The second-order valence-electron chi connectivity index (χ2n) is 2.02. The first-order valence-corrected chi connectivity index (χ1v) is 3.78. The molecule has 0 aromatic carbocycles. The van der Waals surface area contributed by atoms with Gasteiger partial charge in [0.25, 0.3) is 0 Å². The highest BCUT2D eigenvalue weighted by atomic mass is 32.1. The standard InChI is InChI=1S/C5H7FN2O3S/c1-7-4-8-3(6)2(12-4)5(9,10)11/h9-11H,1H3,(H,7,8). The molecular formula is C5H7FN2O3S. The summed E-state index contributed by atoms with van der Waals surface area (Å²) in [5.74, 6) is -4.26. The highest BCUT2D eigenvalue weighted by Crippen LogP contribution is 2.28. The molecule has 0 atom stereocenters. The van der Waals surface area contributed by atoms with Gasteiger partial charge in [0.05, 0.1) is 0 Å². The van der Waals surface area contributed by atoms with Crippen molar-refractivity contribution in [2.45, 2.75) is 5.97 Å². The zero-order valence-corrected chi connectivity index (χ0v) is 6.89. The van der Waals surface area contributed by atoms with Gasteiger partial charge in [-0.25, -0.2) is 0 Å². The Hall–Kier alpha value is -0.760. The van der Waals surface area contributed by atoms with Crippen LogP contribution in [0, 0.1) is 5.95 Å². The van der Waals surface area contributed by atoms with Crippen LogP contribution in [-0.2, 0) is 5.97 Å². The number of aromatic nitrogens is 1. The molecule has 0 aliphatic carbocycles. The highest BCUT2D eigenvalue weighted by Gasteiger charge is 2.30. The molecule has 0 aliphatic heterocycles. The molecule has 1 heterocycles. The van der Waals surface area contributed by atoms with Crippen molar-refractivity contribution in [3.8, 4) is 0 Å². The number of anilines is 1. The van der Waals surface area contributed by atoms with Crippen molar-refractivity contribution in [2.24, 2.45) is 0 Å². The predicted molar refractivity (Wildman–Crippen MR) is 40.0 cm³/mol. The molecule has 0 aliphatic rings. The number of hydrogen-bond acceptors (Lipinski definition) is 6. The summed E-state index contributed by atoms with van der Waals surface area (Å²) in [6.07, 6.45) is 0. The summed E-state index contributed by atoms with van der Waals surface area (Å²) in [5.41, 5.74) is 0. The topological polar surface area (TPSA) is 85.6 Å². The maximum absolute atomic E-state index is 12.7. The molecular weight excluding hydrogens is 187 g/mol. The van der Waals surface area contributed by atoms with Gasteiger partial charge in [-0.2, -0.15) is 9.37 Å². The van der Waals surface area contributed by atoms with Gasteiger partial charge in [-0.1, -0.05) is 11.3 Å². The van der Waals surface area contributed by atoms with Crippen molar-refractivity contribution in [1.82, 2.24) is 4.98 Å². The number of nitrogens with zero attached hydrogens (tertiary/aromatic N) is 1. The van der Waals surface area contributed by atoms with Crippen LogP contribution < -0.4 is 5.32 Å². The van der Waals surface area contributed by atoms with Crippen molar-refractivity contribution >= 4 is 16.5 Å². The Morgan fingerprint density at radius 1 is 1.50 bits per heavy atom. The van der Waals surface area contributed by atoms with Gasteiger partial charge in [-0.3, -0.25) is 0 Å². The van der Waals surface area contributed by atoms with Gasteiger partial charge < -0.3 is 20.6 Å². The first-order chi connectivity index (χ1) is 5.45. The number of aliphatic hydroxyl groups is 3. The van der Waals surface area contributed by atoms with E-state index in [2.05, 4.69) is 10.3 Å². The van der Waals surface area contributed by atoms with E-state index >= 15 is 0 Å². The molecule has 0 saturated heterocycles. The lowest BCUT2D eigenvalue weighted by Gasteiger charge is -2.09. The fourth-order valence-electron chi connectivity index (χ4n) is 0.615. The van der Waals surface area contributed by atoms with Crippen LogP contribution in [0.5, 0.6) is 0 Å². The largest absolute Gasteiger partial charge is 0.365 e. The minimum absolute atomic E-state index is 0.157. The molecule has 0 unspecified atom stereocenters. The molecule has 0 bridgehead atoms. The van der Waals surface area contributed by atoms with Gasteiger partial charge in [0, 0.05) is 7.05 Å². The Labute approximate surface area is 71.1 Å². The zero-order chi connectivity index (χ0) is 9.35. The number of rotatable bonds is 2. The number of nitrogens with one attached hydrogen (secondary N) is 1. The Bertz CT molecular complexity index is 283. The van der Waals surface area contributed by atoms with E-state index in [-0.39, 0.29) is 5.13 Å². The molecule has 0 radical (unpaired) electrons. The second kappa shape index (κ2) is 2.94. The summed E-state index contributed by atoms with van der Waals surface area (Å²) in [4.78, 5) is 2.62. The minimum Gasteiger partial charge on any atom is -0.365 e. The van der Waals surface area contributed by atoms with E-state index in [1.165, 1.54) is 7.05 Å². The van der Waals surface area contributed by atoms with E-state index in [0.29, 0.717) is 11.3 Å². The van der Waals surface area contributed by atoms with E-state index in [1.54, 1.807) is 0 Å². The minimum atomic E-state index is -3.16. The van der Waals surface area contributed by atoms with Gasteiger partial charge in [0.15, 0.2) is 10.0 Å². The van der Waals surface area contributed by atoms with Crippen molar-refractivity contribution in [1.29, 1.82) is 0 Å². The van der Waals surface area contributed by atoms with Crippen molar-refractivity contribution in [2.75, 3.05) is 12.4 Å². The molecule has 68 valence electrons. The van der Waals surface area contributed by atoms with Gasteiger partial charge in [0.2, 0.25) is 5.95 Å². The van der Waals surface area contributed by atoms with Crippen LogP contribution in [-0.4, -0.2) is 27.4 Å². The van der Waals surface area contributed by atoms with Crippen LogP contribution in [0.4, 0.5) is 9.52 Å². The smallest absolute Gasteiger partial charge is 0.318 e. The average Bonchev–Trinajstić information content (AvgIpc) is 2.29. The van der Waals surface area contributed by atoms with E-state index in [4.69, 9.17) is 15.3 Å². The Kier molecular flexibility index (Phi) is 2.29. The molecule has 5 nitrogen and oxygen atoms in total. The van der Waals surface area contributed by atoms with Crippen LogP contribution in [0.3, 0.4) is 0 Å². The van der Waals surface area contributed by atoms with Gasteiger partial charge in [-0.15, -0.1) is 0 Å². The normalized spacial score (nSPS) is 11.8. The van der Waals surface area contributed by atoms with Gasteiger partial charge >= 0.3 is 5.97 Å². The fraction of sp³-hybridized carbons (Fsp3) is 0.400. The molecule has 4 N–H and O–H groups in total. The molecule has 0 saturated carbocycles. The summed E-state index contributed by atoms with van der Waals surface area (Å²) in [5, 5.41) is 28.4. The van der Waals surface area contributed by atoms with Gasteiger partial charge in [0.1, 0.15) is 0 Å². The summed E-state index contributed by atoms with van der Waals surface area (Å²) in [7, 11) is 1.50. The molecule has 1 aromatic rings. The molecule has 0 fully saturated rings. The summed E-state index contributed by atoms with van der Waals surface area (Å²) < 4.78 is 12.7. The molecule has 0 spiro atoms. The first-order valence-electron chi connectivity index (χ1n) is 2.97. The van der Waals surface area contributed by atoms with Crippen molar-refractivity contribution < 1.29 is 19.7 Å². The number of thiazole rings is 1. The summed E-state index contributed by atoms with van der Waals surface area (Å²) in [6, 6.07) is 0. The predicted octanol–water partition coefficient (Wildman–Crippen LogP) is -0.589. The molecule has 0 amide bonds. The van der Waals surface area contributed by atoms with Crippen LogP contribution >= 0.6 is 11.3 Å². The molecule has 1 rings (SSSR count). The maximum Gasteiger partial charge on any atom is 0.318 e. The van der Waals surface area contributed by atoms with Crippen molar-refractivity contribution in [3.05, 3.63) is 10.8 Å². The lowest BCUT2D eigenvalue weighted by Crippen LogP contribution is -2.23. The van der Waals surface area contributed by atoms with Crippen LogP contribution in [0.1, 0.15) is 4.88 Å². The first kappa shape index (κ1) is 9.33. The fourth-order valence-corrected chi connectivity index (χ4v) is 1.30.